The summed E-state index contributed by atoms with van der Waals surface area (Å²) >= 11 is 3.60. The van der Waals surface area contributed by atoms with Crippen LogP contribution in [0.2, 0.25) is 5.04 Å². The summed E-state index contributed by atoms with van der Waals surface area (Å²) in [7, 11) is -1.54. The summed E-state index contributed by atoms with van der Waals surface area (Å²) in [4.78, 5) is 0. The summed E-state index contributed by atoms with van der Waals surface area (Å²) in [5.41, 5.74) is 3.21. The Kier molecular flexibility index (Phi) is 6.26. The number of allylic oxidation sites excluding steroid dienone is 1. The number of hydrogen-bond acceptors (Lipinski definition) is 1. The molecule has 2 aliphatic carbocycles. The second-order valence-corrected chi connectivity index (χ2v) is 16.1. The van der Waals surface area contributed by atoms with Crippen LogP contribution in [0, 0.1) is 11.3 Å². The molecular weight excluding hydrogens is 508 g/mol. The van der Waals surface area contributed by atoms with Crippen LogP contribution < -0.4 is 10.4 Å². The average Bonchev–Trinajstić information content (AvgIpc) is 3.17. The Bertz CT molecular complexity index is 1230. The molecule has 0 unspecified atom stereocenters. The summed E-state index contributed by atoms with van der Waals surface area (Å²) in [6.45, 7) is 7.80. The van der Waals surface area contributed by atoms with Gasteiger partial charge in [0.05, 0.1) is 15.5 Å². The molecule has 0 amide bonds. The van der Waals surface area contributed by atoms with E-state index >= 15 is 0 Å². The first-order valence-electron chi connectivity index (χ1n) is 13.9. The predicted molar refractivity (Wildman–Crippen MR) is 155 cm³/mol. The molecule has 2 aliphatic rings. The standard InChI is InChI=1S/C32H37BrOSi/c1-23-20-32(21-25-15-16-26(33)19-29(25)24(32)2)18-17-30(23)34-22-31(3,4)35(27-11-7-5-8-12-27)28-13-9-6-10-14-28/h5-16,19,23,30,35H,2,17-18,20-22H2,1,3-4H3/t23-,30-,32-/m0/s1/i2D2. The molecular formula is C32H37BrOSi. The summed E-state index contributed by atoms with van der Waals surface area (Å²) in [5, 5.41) is 2.97. The van der Waals surface area contributed by atoms with Crippen LogP contribution in [0.5, 0.6) is 0 Å². The van der Waals surface area contributed by atoms with Crippen LogP contribution in [0.15, 0.2) is 89.9 Å². The van der Waals surface area contributed by atoms with E-state index in [-0.39, 0.29) is 23.1 Å². The molecule has 1 fully saturated rings. The first-order chi connectivity index (χ1) is 17.7. The fourth-order valence-electron chi connectivity index (χ4n) is 6.65. The van der Waals surface area contributed by atoms with Gasteiger partial charge in [-0.1, -0.05) is 120 Å². The van der Waals surface area contributed by atoms with E-state index in [2.05, 4.69) is 116 Å². The van der Waals surface area contributed by atoms with Crippen LogP contribution in [-0.4, -0.2) is 21.5 Å². The summed E-state index contributed by atoms with van der Waals surface area (Å²) in [6, 6.07) is 28.4. The molecule has 5 rings (SSSR count). The number of hydrogen-bond donors (Lipinski definition) is 0. The van der Waals surface area contributed by atoms with Crippen molar-refractivity contribution >= 4 is 40.7 Å². The second kappa shape index (κ2) is 9.84. The molecule has 0 heterocycles. The number of fused-ring (bicyclic) bond motifs is 1. The summed E-state index contributed by atoms with van der Waals surface area (Å²) in [6.07, 6.45) is 4.07. The zero-order chi connectivity index (χ0) is 26.2. The van der Waals surface area contributed by atoms with Crippen LogP contribution in [0.1, 0.15) is 53.9 Å². The average molecular weight is 548 g/mol. The van der Waals surface area contributed by atoms with E-state index in [1.807, 2.05) is 0 Å². The molecule has 0 bridgehead atoms. The fraction of sp³-hybridized carbons (Fsp3) is 0.375. The Hall–Kier alpha value is -1.94. The Morgan fingerprint density at radius 1 is 1.06 bits per heavy atom. The van der Waals surface area contributed by atoms with E-state index in [1.54, 1.807) is 0 Å². The van der Waals surface area contributed by atoms with Gasteiger partial charge in [0.15, 0.2) is 0 Å². The predicted octanol–water partition coefficient (Wildman–Crippen LogP) is 7.03. The van der Waals surface area contributed by atoms with Gasteiger partial charge in [-0.15, -0.1) is 0 Å². The Balaban J connectivity index is 1.33. The van der Waals surface area contributed by atoms with Crippen molar-refractivity contribution in [3.63, 3.8) is 0 Å². The van der Waals surface area contributed by atoms with Crippen molar-refractivity contribution in [2.75, 3.05) is 6.61 Å². The molecule has 1 spiro atoms. The highest BCUT2D eigenvalue weighted by molar-refractivity contribution is 9.10. The highest BCUT2D eigenvalue weighted by atomic mass is 79.9. The van der Waals surface area contributed by atoms with Crippen LogP contribution in [0.4, 0.5) is 0 Å². The van der Waals surface area contributed by atoms with E-state index in [4.69, 9.17) is 7.48 Å². The summed E-state index contributed by atoms with van der Waals surface area (Å²) < 4.78 is 24.5. The maximum atomic E-state index is 8.33. The number of ether oxygens (including phenoxy) is 1. The van der Waals surface area contributed by atoms with E-state index in [1.165, 1.54) is 15.9 Å². The van der Waals surface area contributed by atoms with E-state index in [9.17, 15) is 0 Å². The first kappa shape index (κ1) is 22.3. The molecule has 35 heavy (non-hydrogen) atoms. The Labute approximate surface area is 224 Å². The van der Waals surface area contributed by atoms with E-state index in [0.717, 1.165) is 47.9 Å². The van der Waals surface area contributed by atoms with Crippen molar-refractivity contribution in [1.82, 2.24) is 0 Å². The van der Waals surface area contributed by atoms with Gasteiger partial charge in [0.1, 0.15) is 8.80 Å². The van der Waals surface area contributed by atoms with Crippen LogP contribution in [0.3, 0.4) is 0 Å². The van der Waals surface area contributed by atoms with Gasteiger partial charge in [-0.05, 0) is 70.9 Å². The SMILES string of the molecule is [2H]C([2H])=C1c2cc(Br)ccc2C[C@@]12CC[C@H](OCC(C)(C)[SiH](c1ccccc1)c1ccccc1)[C@@H](C)C2. The molecule has 182 valence electrons. The van der Waals surface area contributed by atoms with Crippen LogP contribution in [-0.2, 0) is 11.2 Å². The normalized spacial score (nSPS) is 24.9. The van der Waals surface area contributed by atoms with Crippen LogP contribution in [0.25, 0.3) is 5.57 Å². The minimum atomic E-state index is -1.54. The molecule has 3 aromatic rings. The monoisotopic (exact) mass is 546 g/mol. The van der Waals surface area contributed by atoms with E-state index in [0.29, 0.717) is 5.92 Å². The molecule has 3 atom stereocenters. The third kappa shape index (κ3) is 4.88. The van der Waals surface area contributed by atoms with E-state index < -0.39 is 8.80 Å². The summed E-state index contributed by atoms with van der Waals surface area (Å²) in [5.74, 6) is 0.380. The third-order valence-corrected chi connectivity index (χ3v) is 12.7. The van der Waals surface area contributed by atoms with Crippen molar-refractivity contribution in [3.05, 3.63) is 101 Å². The van der Waals surface area contributed by atoms with Gasteiger partial charge >= 0.3 is 0 Å². The van der Waals surface area contributed by atoms with Crippen molar-refractivity contribution in [3.8, 4) is 0 Å². The minimum absolute atomic E-state index is 0.0240. The van der Waals surface area contributed by atoms with Crippen molar-refractivity contribution in [1.29, 1.82) is 0 Å². The molecule has 0 aromatic heterocycles. The maximum absolute atomic E-state index is 8.33. The Morgan fingerprint density at radius 3 is 2.31 bits per heavy atom. The molecule has 1 nitrogen and oxygen atoms in total. The van der Waals surface area contributed by atoms with Crippen molar-refractivity contribution in [2.24, 2.45) is 11.3 Å². The molecule has 0 N–H and O–H groups in total. The molecule has 3 aromatic carbocycles. The molecule has 0 saturated heterocycles. The first-order valence-corrected chi connectivity index (χ1v) is 15.4. The van der Waals surface area contributed by atoms with Crippen molar-refractivity contribution < 1.29 is 7.48 Å². The lowest BCUT2D eigenvalue weighted by Crippen LogP contribution is -2.52. The minimum Gasteiger partial charge on any atom is -0.378 e. The van der Waals surface area contributed by atoms with Gasteiger partial charge in [-0.2, -0.15) is 0 Å². The van der Waals surface area contributed by atoms with Gasteiger partial charge in [0.2, 0.25) is 0 Å². The van der Waals surface area contributed by atoms with Gasteiger partial charge in [0, 0.05) is 4.47 Å². The zero-order valence-electron chi connectivity index (χ0n) is 23.1. The fourth-order valence-corrected chi connectivity index (χ4v) is 10.7. The van der Waals surface area contributed by atoms with Gasteiger partial charge in [0.25, 0.3) is 0 Å². The second-order valence-electron chi connectivity index (χ2n) is 11.4. The maximum Gasteiger partial charge on any atom is 0.110 e. The van der Waals surface area contributed by atoms with Gasteiger partial charge in [-0.25, -0.2) is 0 Å². The zero-order valence-corrected chi connectivity index (χ0v) is 23.8. The highest BCUT2D eigenvalue weighted by Gasteiger charge is 2.46. The Morgan fingerprint density at radius 2 is 1.71 bits per heavy atom. The molecule has 0 aliphatic heterocycles. The topological polar surface area (TPSA) is 9.23 Å². The molecule has 0 radical (unpaired) electrons. The quantitative estimate of drug-likeness (QED) is 0.301. The number of rotatable bonds is 6. The smallest absolute Gasteiger partial charge is 0.110 e. The highest BCUT2D eigenvalue weighted by Crippen LogP contribution is 2.56. The lowest BCUT2D eigenvalue weighted by molar-refractivity contribution is -0.0347. The van der Waals surface area contributed by atoms with Crippen LogP contribution >= 0.6 is 15.9 Å². The van der Waals surface area contributed by atoms with Gasteiger partial charge in [-0.3, -0.25) is 0 Å². The lowest BCUT2D eigenvalue weighted by Gasteiger charge is -2.43. The largest absolute Gasteiger partial charge is 0.378 e. The van der Waals surface area contributed by atoms with Gasteiger partial charge < -0.3 is 4.74 Å². The molecule has 3 heteroatoms. The third-order valence-electron chi connectivity index (χ3n) is 8.37. The lowest BCUT2D eigenvalue weighted by atomic mass is 9.65. The number of halogens is 1. The molecule has 1 saturated carbocycles. The van der Waals surface area contributed by atoms with Crippen molar-refractivity contribution in [2.45, 2.75) is 57.6 Å². The number of benzene rings is 3.